The van der Waals surface area contributed by atoms with Gasteiger partial charge in [0.15, 0.2) is 0 Å². The molecule has 1 spiro atoms. The van der Waals surface area contributed by atoms with Crippen LogP contribution in [0.1, 0.15) is 12.8 Å². The van der Waals surface area contributed by atoms with Crippen LogP contribution in [0.25, 0.3) is 0 Å². The summed E-state index contributed by atoms with van der Waals surface area (Å²) in [4.78, 5) is 29.2. The highest BCUT2D eigenvalue weighted by molar-refractivity contribution is 7.89. The molecule has 160 valence electrons. The molecule has 1 saturated carbocycles. The van der Waals surface area contributed by atoms with Gasteiger partial charge in [0.25, 0.3) is 0 Å². The Balaban J connectivity index is 1.47. The van der Waals surface area contributed by atoms with E-state index < -0.39 is 21.5 Å². The Morgan fingerprint density at radius 1 is 1.20 bits per heavy atom. The third-order valence-corrected chi connectivity index (χ3v) is 7.92. The van der Waals surface area contributed by atoms with Crippen molar-refractivity contribution >= 4 is 21.8 Å². The molecule has 2 fully saturated rings. The topological polar surface area (TPSA) is 113 Å². The summed E-state index contributed by atoms with van der Waals surface area (Å²) in [7, 11) is -2.35. The number of hydrogen-bond donors (Lipinski definition) is 2. The van der Waals surface area contributed by atoms with E-state index in [1.165, 1.54) is 23.5 Å². The van der Waals surface area contributed by atoms with E-state index in [1.54, 1.807) is 30.7 Å². The molecule has 9 nitrogen and oxygen atoms in total. The highest BCUT2D eigenvalue weighted by atomic mass is 32.2. The van der Waals surface area contributed by atoms with Crippen LogP contribution in [0.4, 0.5) is 0 Å². The molecule has 3 atom stereocenters. The van der Waals surface area contributed by atoms with Gasteiger partial charge in [0.1, 0.15) is 6.04 Å². The number of carbonyl (C=O) groups excluding carboxylic acids is 2. The van der Waals surface area contributed by atoms with E-state index in [1.807, 2.05) is 10.8 Å². The van der Waals surface area contributed by atoms with Crippen molar-refractivity contribution in [2.24, 2.45) is 11.3 Å². The number of sulfonamides is 1. The van der Waals surface area contributed by atoms with Crippen LogP contribution in [0.15, 0.2) is 53.9 Å². The first-order valence-electron chi connectivity index (χ1n) is 9.89. The monoisotopic (exact) mass is 431 g/mol. The summed E-state index contributed by atoms with van der Waals surface area (Å²) in [5, 5.41) is 5.49. The molecule has 1 aliphatic carbocycles. The average Bonchev–Trinajstić information content (AvgIpc) is 3.07. The normalized spacial score (nSPS) is 25.9. The van der Waals surface area contributed by atoms with Gasteiger partial charge in [0.05, 0.1) is 11.2 Å². The molecule has 1 aliphatic heterocycles. The van der Waals surface area contributed by atoms with Gasteiger partial charge in [-0.05, 0) is 30.4 Å². The van der Waals surface area contributed by atoms with E-state index in [0.717, 1.165) is 0 Å². The minimum absolute atomic E-state index is 0.0928. The Hall–Kier alpha value is -2.72. The first-order valence-corrected chi connectivity index (χ1v) is 11.3. The van der Waals surface area contributed by atoms with Crippen molar-refractivity contribution in [3.05, 3.63) is 49.1 Å². The molecule has 10 heteroatoms. The lowest BCUT2D eigenvalue weighted by molar-refractivity contribution is -0.124. The van der Waals surface area contributed by atoms with Crippen molar-refractivity contribution in [1.29, 1.82) is 0 Å². The second kappa shape index (κ2) is 7.84. The number of likely N-dealkylation sites (N-methyl/N-ethyl adjacent to an activating group) is 1. The number of hydrogen-bond acceptors (Lipinski definition) is 5. The van der Waals surface area contributed by atoms with E-state index in [-0.39, 0.29) is 29.2 Å². The van der Waals surface area contributed by atoms with Crippen molar-refractivity contribution in [1.82, 2.24) is 24.5 Å². The quantitative estimate of drug-likeness (QED) is 0.651. The minimum Gasteiger partial charge on any atom is -0.358 e. The summed E-state index contributed by atoms with van der Waals surface area (Å²) in [6.45, 7) is 1.25. The van der Waals surface area contributed by atoms with E-state index in [0.29, 0.717) is 25.9 Å². The van der Waals surface area contributed by atoms with Crippen LogP contribution in [0, 0.1) is 11.3 Å². The molecule has 4 rings (SSSR count). The number of amides is 2. The standard InChI is InChI=1S/C20H25N5O4S/c1-21-19(27)17-12-20(13-25(17)30(28,29)15-5-3-2-4-6-15)11-16(20)18(26)23-8-10-24-9-7-22-14-24/h2-7,9,14,16-17H,8,10-13H2,1H3,(H,21,27)(H,23,26)/t16-,17+,20+/m1/s1. The SMILES string of the molecule is CNC(=O)[C@@H]1C[C@@]2(C[C@@H]2C(=O)NCCn2ccnc2)CN1S(=O)(=O)c1ccccc1. The first-order chi connectivity index (χ1) is 14.4. The van der Waals surface area contributed by atoms with Crippen LogP contribution in [0.5, 0.6) is 0 Å². The van der Waals surface area contributed by atoms with Crippen LogP contribution < -0.4 is 10.6 Å². The lowest BCUT2D eigenvalue weighted by Gasteiger charge is -2.22. The van der Waals surface area contributed by atoms with Gasteiger partial charge < -0.3 is 15.2 Å². The van der Waals surface area contributed by atoms with Crippen molar-refractivity contribution in [3.8, 4) is 0 Å². The molecule has 1 saturated heterocycles. The van der Waals surface area contributed by atoms with Gasteiger partial charge in [0.2, 0.25) is 21.8 Å². The number of carbonyl (C=O) groups is 2. The predicted octanol–water partition coefficient (Wildman–Crippen LogP) is 0.215. The van der Waals surface area contributed by atoms with Crippen LogP contribution >= 0.6 is 0 Å². The zero-order valence-electron chi connectivity index (χ0n) is 16.7. The highest BCUT2D eigenvalue weighted by Crippen LogP contribution is 2.60. The van der Waals surface area contributed by atoms with Gasteiger partial charge in [-0.1, -0.05) is 18.2 Å². The van der Waals surface area contributed by atoms with Gasteiger partial charge in [-0.25, -0.2) is 13.4 Å². The molecule has 0 unspecified atom stereocenters. The van der Waals surface area contributed by atoms with E-state index in [2.05, 4.69) is 15.6 Å². The molecule has 30 heavy (non-hydrogen) atoms. The van der Waals surface area contributed by atoms with Crippen molar-refractivity contribution < 1.29 is 18.0 Å². The van der Waals surface area contributed by atoms with Crippen molar-refractivity contribution in [2.45, 2.75) is 30.3 Å². The lowest BCUT2D eigenvalue weighted by Crippen LogP contribution is -2.44. The largest absolute Gasteiger partial charge is 0.358 e. The lowest BCUT2D eigenvalue weighted by atomic mass is 9.99. The summed E-state index contributed by atoms with van der Waals surface area (Å²) in [5.41, 5.74) is -0.488. The summed E-state index contributed by atoms with van der Waals surface area (Å²) >= 11 is 0. The molecule has 2 N–H and O–H groups in total. The molecule has 0 radical (unpaired) electrons. The fraction of sp³-hybridized carbons (Fsp3) is 0.450. The third-order valence-electron chi connectivity index (χ3n) is 6.05. The van der Waals surface area contributed by atoms with Gasteiger partial charge in [-0.2, -0.15) is 4.31 Å². The van der Waals surface area contributed by atoms with Crippen molar-refractivity contribution in [3.63, 3.8) is 0 Å². The summed E-state index contributed by atoms with van der Waals surface area (Å²) in [6.07, 6.45) is 6.11. The highest BCUT2D eigenvalue weighted by Gasteiger charge is 2.65. The average molecular weight is 432 g/mol. The van der Waals surface area contributed by atoms with Crippen LogP contribution in [0.3, 0.4) is 0 Å². The molecule has 2 heterocycles. The number of nitrogens with zero attached hydrogens (tertiary/aromatic N) is 3. The second-order valence-corrected chi connectivity index (χ2v) is 9.80. The number of rotatable bonds is 7. The Bertz CT molecular complexity index is 1020. The maximum absolute atomic E-state index is 13.2. The molecular formula is C20H25N5O4S. The molecule has 1 aromatic heterocycles. The number of aromatic nitrogens is 2. The molecular weight excluding hydrogens is 406 g/mol. The van der Waals surface area contributed by atoms with E-state index in [4.69, 9.17) is 0 Å². The van der Waals surface area contributed by atoms with Crippen LogP contribution in [-0.4, -0.2) is 60.3 Å². The van der Waals surface area contributed by atoms with Gasteiger partial charge in [-0.15, -0.1) is 0 Å². The smallest absolute Gasteiger partial charge is 0.243 e. The first kappa shape index (κ1) is 20.5. The maximum Gasteiger partial charge on any atom is 0.243 e. The molecule has 2 aliphatic rings. The van der Waals surface area contributed by atoms with Crippen molar-refractivity contribution in [2.75, 3.05) is 20.1 Å². The van der Waals surface area contributed by atoms with E-state index >= 15 is 0 Å². The minimum atomic E-state index is -3.84. The third kappa shape index (κ3) is 3.72. The van der Waals surface area contributed by atoms with Gasteiger partial charge in [-0.3, -0.25) is 9.59 Å². The van der Waals surface area contributed by atoms with Crippen LogP contribution in [-0.2, 0) is 26.2 Å². The zero-order valence-corrected chi connectivity index (χ0v) is 17.5. The maximum atomic E-state index is 13.2. The number of imidazole rings is 1. The van der Waals surface area contributed by atoms with Gasteiger partial charge >= 0.3 is 0 Å². The fourth-order valence-corrected chi connectivity index (χ4v) is 6.02. The zero-order chi connectivity index (χ0) is 21.4. The molecule has 0 bridgehead atoms. The van der Waals surface area contributed by atoms with Gasteiger partial charge in [0, 0.05) is 45.0 Å². The Kier molecular flexibility index (Phi) is 5.37. The Morgan fingerprint density at radius 2 is 1.97 bits per heavy atom. The van der Waals surface area contributed by atoms with E-state index in [9.17, 15) is 18.0 Å². The molecule has 2 amide bonds. The molecule has 2 aromatic rings. The second-order valence-electron chi connectivity index (χ2n) is 7.91. The fourth-order valence-electron chi connectivity index (χ4n) is 4.31. The summed E-state index contributed by atoms with van der Waals surface area (Å²) in [6, 6.07) is 7.28. The molecule has 1 aromatic carbocycles. The number of nitrogens with one attached hydrogen (secondary N) is 2. The number of benzene rings is 1. The predicted molar refractivity (Wildman–Crippen MR) is 109 cm³/mol. The Morgan fingerprint density at radius 3 is 2.63 bits per heavy atom. The summed E-state index contributed by atoms with van der Waals surface area (Å²) in [5.74, 6) is -0.731. The van der Waals surface area contributed by atoms with Crippen LogP contribution in [0.2, 0.25) is 0 Å². The summed E-state index contributed by atoms with van der Waals surface area (Å²) < 4.78 is 29.5. The Labute approximate surface area is 175 Å².